The van der Waals surface area contributed by atoms with Gasteiger partial charge in [-0.2, -0.15) is 0 Å². The van der Waals surface area contributed by atoms with E-state index in [1.54, 1.807) is 4.90 Å². The van der Waals surface area contributed by atoms with Gasteiger partial charge >= 0.3 is 6.03 Å². The van der Waals surface area contributed by atoms with Gasteiger partial charge in [0.1, 0.15) is 6.04 Å². The number of likely N-dealkylation sites (tertiary alicyclic amines) is 1. The summed E-state index contributed by atoms with van der Waals surface area (Å²) < 4.78 is 0. The molecule has 3 fully saturated rings. The molecule has 25 heavy (non-hydrogen) atoms. The summed E-state index contributed by atoms with van der Waals surface area (Å²) in [6, 6.07) is 8.30. The summed E-state index contributed by atoms with van der Waals surface area (Å²) in [7, 11) is 0. The van der Waals surface area contributed by atoms with Crippen molar-refractivity contribution in [3.8, 4) is 0 Å². The highest BCUT2D eigenvalue weighted by atomic mass is 16.2. The second-order valence-corrected chi connectivity index (χ2v) is 7.21. The van der Waals surface area contributed by atoms with E-state index >= 15 is 0 Å². The van der Waals surface area contributed by atoms with E-state index in [2.05, 4.69) is 5.32 Å². The number of nitrogens with zero attached hydrogens (tertiary/aromatic N) is 2. The molecule has 1 N–H and O–H groups in total. The molecule has 0 spiro atoms. The van der Waals surface area contributed by atoms with Crippen molar-refractivity contribution in [3.63, 3.8) is 0 Å². The number of rotatable bonds is 3. The molecule has 3 aliphatic rings. The molecule has 1 aromatic rings. The van der Waals surface area contributed by atoms with Crippen molar-refractivity contribution >= 4 is 17.8 Å². The second-order valence-electron chi connectivity index (χ2n) is 7.21. The number of nitrogens with one attached hydrogen (secondary N) is 1. The minimum atomic E-state index is -0.547. The Morgan fingerprint density at radius 2 is 1.80 bits per heavy atom. The fraction of sp³-hybridized carbons (Fsp3) is 0.526. The summed E-state index contributed by atoms with van der Waals surface area (Å²) in [6.45, 7) is 0.788. The van der Waals surface area contributed by atoms with Crippen LogP contribution in [-0.4, -0.2) is 46.3 Å². The molecular formula is C19H23N3O3. The largest absolute Gasteiger partial charge is 0.332 e. The number of fused-ring (bicyclic) bond motifs is 1. The van der Waals surface area contributed by atoms with E-state index in [-0.39, 0.29) is 36.3 Å². The van der Waals surface area contributed by atoms with Crippen molar-refractivity contribution in [1.29, 1.82) is 0 Å². The van der Waals surface area contributed by atoms with Gasteiger partial charge in [-0.05, 0) is 24.8 Å². The van der Waals surface area contributed by atoms with Gasteiger partial charge in [-0.15, -0.1) is 0 Å². The van der Waals surface area contributed by atoms with E-state index in [1.807, 2.05) is 30.3 Å². The molecule has 0 aromatic heterocycles. The molecule has 6 nitrogen and oxygen atoms in total. The summed E-state index contributed by atoms with van der Waals surface area (Å²) in [5, 5.41) is 2.93. The van der Waals surface area contributed by atoms with Gasteiger partial charge in [0, 0.05) is 12.5 Å². The van der Waals surface area contributed by atoms with Crippen LogP contribution in [0, 0.1) is 5.92 Å². The van der Waals surface area contributed by atoms with Crippen molar-refractivity contribution in [3.05, 3.63) is 35.9 Å². The predicted octanol–water partition coefficient (Wildman–Crippen LogP) is 1.90. The maximum Gasteiger partial charge on any atom is 0.324 e. The Balaban J connectivity index is 1.53. The number of benzene rings is 1. The molecule has 4 rings (SSSR count). The Kier molecular flexibility index (Phi) is 4.19. The van der Waals surface area contributed by atoms with Gasteiger partial charge in [0.2, 0.25) is 5.91 Å². The molecule has 2 atom stereocenters. The minimum absolute atomic E-state index is 0.0479. The SMILES string of the molecule is O=C1N[C@@H]2CCN(C(=O)C3CCCC3)[C@H]2C(=O)N1Cc1ccccc1. The topological polar surface area (TPSA) is 69.7 Å². The van der Waals surface area contributed by atoms with Crippen molar-refractivity contribution in [2.75, 3.05) is 6.54 Å². The van der Waals surface area contributed by atoms with Crippen LogP contribution in [-0.2, 0) is 16.1 Å². The first-order valence-corrected chi connectivity index (χ1v) is 9.11. The lowest BCUT2D eigenvalue weighted by atomic mass is 10.0. The van der Waals surface area contributed by atoms with Gasteiger partial charge in [-0.1, -0.05) is 43.2 Å². The lowest BCUT2D eigenvalue weighted by molar-refractivity contribution is -0.146. The van der Waals surface area contributed by atoms with Gasteiger partial charge in [0.05, 0.1) is 12.6 Å². The Labute approximate surface area is 147 Å². The second kappa shape index (κ2) is 6.50. The molecule has 1 saturated carbocycles. The number of hydrogen-bond donors (Lipinski definition) is 1. The summed E-state index contributed by atoms with van der Waals surface area (Å²) in [6.07, 6.45) is 4.66. The molecular weight excluding hydrogens is 318 g/mol. The van der Waals surface area contributed by atoms with Gasteiger partial charge in [0.25, 0.3) is 5.91 Å². The standard InChI is InChI=1S/C19H23N3O3/c23-17(14-8-4-5-9-14)21-11-10-15-16(21)18(24)22(19(25)20-15)12-13-6-2-1-3-7-13/h1-3,6-7,14-16H,4-5,8-12H2,(H,20,25)/t15-,16-/m1/s1. The quantitative estimate of drug-likeness (QED) is 0.913. The van der Waals surface area contributed by atoms with E-state index in [0.29, 0.717) is 13.0 Å². The third-order valence-corrected chi connectivity index (χ3v) is 5.64. The average molecular weight is 341 g/mol. The van der Waals surface area contributed by atoms with Crippen LogP contribution in [0.1, 0.15) is 37.7 Å². The number of carbonyl (C=O) groups excluding carboxylic acids is 3. The van der Waals surface area contributed by atoms with Crippen LogP contribution < -0.4 is 5.32 Å². The van der Waals surface area contributed by atoms with Crippen LogP contribution in [0.15, 0.2) is 30.3 Å². The summed E-state index contributed by atoms with van der Waals surface area (Å²) in [5.41, 5.74) is 0.899. The van der Waals surface area contributed by atoms with E-state index in [9.17, 15) is 14.4 Å². The molecule has 1 aliphatic carbocycles. The number of imide groups is 1. The lowest BCUT2D eigenvalue weighted by Crippen LogP contribution is -2.64. The molecule has 2 saturated heterocycles. The first-order chi connectivity index (χ1) is 12.1. The Morgan fingerprint density at radius 1 is 1.08 bits per heavy atom. The summed E-state index contributed by atoms with van der Waals surface area (Å²) >= 11 is 0. The monoisotopic (exact) mass is 341 g/mol. The number of carbonyl (C=O) groups is 3. The van der Waals surface area contributed by atoms with Crippen molar-refractivity contribution < 1.29 is 14.4 Å². The highest BCUT2D eigenvalue weighted by Crippen LogP contribution is 2.32. The molecule has 0 bridgehead atoms. The average Bonchev–Trinajstić information content (AvgIpc) is 3.29. The van der Waals surface area contributed by atoms with Crippen molar-refractivity contribution in [2.45, 2.75) is 50.7 Å². The summed E-state index contributed by atoms with van der Waals surface area (Å²) in [5.74, 6) is -0.109. The maximum atomic E-state index is 13.0. The third kappa shape index (κ3) is 2.90. The minimum Gasteiger partial charge on any atom is -0.332 e. The van der Waals surface area contributed by atoms with Crippen molar-refractivity contribution in [1.82, 2.24) is 15.1 Å². The Morgan fingerprint density at radius 3 is 2.52 bits per heavy atom. The predicted molar refractivity (Wildman–Crippen MR) is 91.4 cm³/mol. The van der Waals surface area contributed by atoms with Crippen LogP contribution in [0.2, 0.25) is 0 Å². The van der Waals surface area contributed by atoms with Crippen molar-refractivity contribution in [2.24, 2.45) is 5.92 Å². The van der Waals surface area contributed by atoms with Gasteiger partial charge < -0.3 is 10.2 Å². The number of amides is 4. The Hall–Kier alpha value is -2.37. The first kappa shape index (κ1) is 16.1. The zero-order valence-electron chi connectivity index (χ0n) is 14.2. The molecule has 1 aromatic carbocycles. The molecule has 2 heterocycles. The summed E-state index contributed by atoms with van der Waals surface area (Å²) in [4.78, 5) is 41.2. The van der Waals surface area contributed by atoms with Crippen LogP contribution >= 0.6 is 0 Å². The molecule has 0 radical (unpaired) electrons. The smallest absolute Gasteiger partial charge is 0.324 e. The Bertz CT molecular complexity index is 684. The molecule has 6 heteroatoms. The lowest BCUT2D eigenvalue weighted by Gasteiger charge is -2.37. The molecule has 132 valence electrons. The van der Waals surface area contributed by atoms with E-state index in [1.165, 1.54) is 4.90 Å². The fourth-order valence-corrected chi connectivity index (χ4v) is 4.32. The van der Waals surface area contributed by atoms with Gasteiger partial charge in [-0.25, -0.2) is 4.79 Å². The van der Waals surface area contributed by atoms with Gasteiger partial charge in [-0.3, -0.25) is 14.5 Å². The van der Waals surface area contributed by atoms with Crippen LogP contribution in [0.25, 0.3) is 0 Å². The highest BCUT2D eigenvalue weighted by Gasteiger charge is 2.50. The van der Waals surface area contributed by atoms with Crippen LogP contribution in [0.3, 0.4) is 0 Å². The number of hydrogen-bond acceptors (Lipinski definition) is 3. The zero-order valence-corrected chi connectivity index (χ0v) is 14.2. The molecule has 2 aliphatic heterocycles. The third-order valence-electron chi connectivity index (χ3n) is 5.64. The highest BCUT2D eigenvalue weighted by molar-refractivity contribution is 6.02. The molecule has 4 amide bonds. The normalized spacial score (nSPS) is 26.7. The van der Waals surface area contributed by atoms with E-state index < -0.39 is 6.04 Å². The zero-order chi connectivity index (χ0) is 17.4. The maximum absolute atomic E-state index is 13.0. The van der Waals surface area contributed by atoms with Crippen LogP contribution in [0.5, 0.6) is 0 Å². The first-order valence-electron chi connectivity index (χ1n) is 9.11. The van der Waals surface area contributed by atoms with E-state index in [4.69, 9.17) is 0 Å². The van der Waals surface area contributed by atoms with Gasteiger partial charge in [0.15, 0.2) is 0 Å². The van der Waals surface area contributed by atoms with Crippen LogP contribution in [0.4, 0.5) is 4.79 Å². The number of urea groups is 1. The molecule has 0 unspecified atom stereocenters. The van der Waals surface area contributed by atoms with E-state index in [0.717, 1.165) is 31.2 Å². The fourth-order valence-electron chi connectivity index (χ4n) is 4.32.